The van der Waals surface area contributed by atoms with E-state index in [4.69, 9.17) is 37.5 Å². The van der Waals surface area contributed by atoms with Crippen LogP contribution in [0.15, 0.2) is 12.2 Å². The van der Waals surface area contributed by atoms with Gasteiger partial charge in [-0.25, -0.2) is 0 Å². The summed E-state index contributed by atoms with van der Waals surface area (Å²) in [5.74, 6) is -3.14. The second-order valence-corrected chi connectivity index (χ2v) is 28.6. The van der Waals surface area contributed by atoms with Gasteiger partial charge in [0.05, 0.1) is 54.4 Å². The molecule has 2 heterocycles. The number of amides is 2. The zero-order valence-corrected chi connectivity index (χ0v) is 72.9. The smallest absolute Gasteiger partial charge is 0.790 e. The molecule has 24 nitrogen and oxygen atoms in total. The van der Waals surface area contributed by atoms with E-state index in [1.807, 2.05) is 6.08 Å². The van der Waals surface area contributed by atoms with Crippen molar-refractivity contribution in [3.05, 3.63) is 12.2 Å². The molecule has 0 bridgehead atoms. The first kappa shape index (κ1) is 106. The van der Waals surface area contributed by atoms with E-state index in [1.54, 1.807) is 0 Å². The molecule has 2 amide bonds. The molecule has 2 aliphatic heterocycles. The van der Waals surface area contributed by atoms with Crippen molar-refractivity contribution in [2.75, 3.05) is 26.4 Å². The maximum atomic E-state index is 14.1. The molecule has 2 rings (SSSR count). The van der Waals surface area contributed by atoms with E-state index in [-0.39, 0.29) is 164 Å². The zero-order chi connectivity index (χ0) is 70.8. The summed E-state index contributed by atoms with van der Waals surface area (Å²) in [4.78, 5) is 118. The van der Waals surface area contributed by atoms with Crippen LogP contribution in [0.3, 0.4) is 0 Å². The van der Waals surface area contributed by atoms with Crippen molar-refractivity contribution in [1.29, 1.82) is 0 Å². The minimum absolute atomic E-state index is 0. The van der Waals surface area contributed by atoms with Crippen LogP contribution in [-0.2, 0) is 70.6 Å². The van der Waals surface area contributed by atoms with Gasteiger partial charge in [-0.2, -0.15) is 0 Å². The Bertz CT molecular complexity index is 2190. The third-order valence-electron chi connectivity index (χ3n) is 17.6. The molecular formula is C70H126N2Na4O22P2. The second-order valence-electron chi connectivity index (χ2n) is 26.4. The quantitative estimate of drug-likeness (QED) is 0.0111. The summed E-state index contributed by atoms with van der Waals surface area (Å²) in [5.41, 5.74) is 0. The molecule has 0 unspecified atom stereocenters. The van der Waals surface area contributed by atoms with Crippen LogP contribution in [0.4, 0.5) is 0 Å². The van der Waals surface area contributed by atoms with Gasteiger partial charge < -0.3 is 92.1 Å². The van der Waals surface area contributed by atoms with Crippen LogP contribution in [0.2, 0.25) is 0 Å². The SMILES string of the molecule is CCCC/C=C\CCCC(=O)O[C@H](CCCCCCC)CCO[C@@H]1[C@@H](NC(=O)CC(=O)CCCCCCCCCCC)[C@H](OC[C@H]2O[C@H](OP(=O)([O-])[O-])[C@H](NC(=O)CC(=O)CCCCCCCCCCC)[C@@H](OCC[C@H](O)CCCCCCC)[C@@H]2O)O[C@H](CO)[C@H]1OP(=O)([O-])[O-].[Na+].[Na+].[Na+].[Na+]. The first-order chi connectivity index (χ1) is 46.1. The van der Waals surface area contributed by atoms with Gasteiger partial charge in [0.25, 0.3) is 0 Å². The van der Waals surface area contributed by atoms with Gasteiger partial charge in [-0.05, 0) is 57.8 Å². The van der Waals surface area contributed by atoms with Crippen LogP contribution in [0, 0.1) is 0 Å². The molecule has 0 radical (unpaired) electrons. The van der Waals surface area contributed by atoms with Crippen molar-refractivity contribution in [3.63, 3.8) is 0 Å². The van der Waals surface area contributed by atoms with Gasteiger partial charge in [0.1, 0.15) is 66.4 Å². The van der Waals surface area contributed by atoms with E-state index in [1.165, 1.54) is 19.3 Å². The number of phosphoric acid groups is 2. The number of nitrogens with one attached hydrogen (secondary N) is 2. The molecule has 0 aliphatic carbocycles. The molecule has 0 aromatic carbocycles. The van der Waals surface area contributed by atoms with E-state index in [0.717, 1.165) is 154 Å². The number of carbonyl (C=O) groups is 5. The molecule has 2 fully saturated rings. The Labute approximate surface area is 688 Å². The Morgan fingerprint density at radius 2 is 0.880 bits per heavy atom. The van der Waals surface area contributed by atoms with Crippen LogP contribution in [0.5, 0.6) is 0 Å². The maximum absolute atomic E-state index is 14.1. The molecule has 0 aromatic rings. The fourth-order valence-corrected chi connectivity index (χ4v) is 13.1. The van der Waals surface area contributed by atoms with E-state index in [2.05, 4.69) is 51.3 Å². The standard InChI is InChI=1S/C70H130N2O22P2.4Na/c1-6-11-16-21-24-26-29-33-37-42-55(75)50-60(77)71-63-67(87-48-46-54(74)41-36-31-19-14-9-4)65(80)59(92-70(63)94-96(84,85)86)53-89-69-64(72-61(78)51-56(76)43-38-34-30-27-25-22-17-12-7-2)68(66(58(52-73)91-69)93-95(81,82)83)88-49-47-57(44-39-32-20-15-10-5)90-62(79)45-40-35-28-23-18-13-8-3;;;;/h23,28,54,57-59,63-70,73-74,80H,6-22,24-27,29-53H2,1-5H3,(H,71,77)(H,72,78)(H2,81,82,83)(H2,84,85,86);;;;/q;4*+1/p-4/b28-23-;;;;/t54-,57-,58-,59-,63-,64-,65-,66-,67-,68-,69-,70-;;;;/m1..../s1. The number of phosphoric ester groups is 2. The number of hydrogen-bond acceptors (Lipinski definition) is 22. The molecular weight excluding hydrogens is 1370 g/mol. The van der Waals surface area contributed by atoms with Crippen molar-refractivity contribution < 1.29 is 224 Å². The zero-order valence-electron chi connectivity index (χ0n) is 63.1. The van der Waals surface area contributed by atoms with Gasteiger partial charge in [0, 0.05) is 32.3 Å². The number of rotatable bonds is 62. The van der Waals surface area contributed by atoms with Gasteiger partial charge in [-0.3, -0.25) is 24.0 Å². The topological polar surface area (TPSA) is 370 Å². The Morgan fingerprint density at radius 1 is 0.470 bits per heavy atom. The van der Waals surface area contributed by atoms with Gasteiger partial charge in [-0.1, -0.05) is 220 Å². The van der Waals surface area contributed by atoms with Gasteiger partial charge in [0.15, 0.2) is 12.6 Å². The van der Waals surface area contributed by atoms with E-state index in [9.17, 15) is 68.0 Å². The van der Waals surface area contributed by atoms with Gasteiger partial charge in [0.2, 0.25) is 11.8 Å². The molecule has 2 saturated heterocycles. The number of aliphatic hydroxyl groups excluding tert-OH is 3. The van der Waals surface area contributed by atoms with Crippen LogP contribution in [0.1, 0.15) is 304 Å². The average molecular weight is 1500 g/mol. The number of Topliss-reactive ketones (excluding diaryl/α,β-unsaturated/α-hetero) is 2. The van der Waals surface area contributed by atoms with Crippen LogP contribution in [-0.4, -0.2) is 145 Å². The fourth-order valence-electron chi connectivity index (χ4n) is 12.1. The number of ether oxygens (including phenoxy) is 6. The number of esters is 1. The molecule has 0 spiro atoms. The normalized spacial score (nSPS) is 21.4. The largest absolute Gasteiger partial charge is 1.00 e. The Hall–Kier alpha value is 1.39. The van der Waals surface area contributed by atoms with Crippen LogP contribution < -0.4 is 148 Å². The van der Waals surface area contributed by atoms with E-state index >= 15 is 0 Å². The molecule has 0 aromatic heterocycles. The third kappa shape index (κ3) is 52.5. The van der Waals surface area contributed by atoms with E-state index in [0.29, 0.717) is 51.4 Å². The van der Waals surface area contributed by atoms with Gasteiger partial charge in [-0.15, -0.1) is 0 Å². The van der Waals surface area contributed by atoms with Crippen molar-refractivity contribution in [2.45, 2.75) is 378 Å². The Morgan fingerprint density at radius 3 is 1.35 bits per heavy atom. The molecule has 12 atom stereocenters. The van der Waals surface area contributed by atoms with Crippen molar-refractivity contribution in [1.82, 2.24) is 10.6 Å². The maximum Gasteiger partial charge on any atom is 1.00 e. The molecule has 100 heavy (non-hydrogen) atoms. The number of carbonyl (C=O) groups excluding carboxylic acids is 5. The summed E-state index contributed by atoms with van der Waals surface area (Å²) >= 11 is 0. The van der Waals surface area contributed by atoms with Crippen LogP contribution in [0.25, 0.3) is 0 Å². The Kier molecular flexibility index (Phi) is 69.9. The fraction of sp³-hybridized carbons (Fsp3) is 0.900. The summed E-state index contributed by atoms with van der Waals surface area (Å²) in [7, 11) is -12.0. The monoisotopic (exact) mass is 1500 g/mol. The minimum atomic E-state index is -6.03. The molecule has 5 N–H and O–H groups in total. The molecule has 30 heteroatoms. The third-order valence-corrected chi connectivity index (χ3v) is 18.6. The van der Waals surface area contributed by atoms with Crippen molar-refractivity contribution in [3.8, 4) is 0 Å². The van der Waals surface area contributed by atoms with Crippen LogP contribution >= 0.6 is 15.6 Å². The number of hydrogen-bond donors (Lipinski definition) is 5. The number of unbranched alkanes of at least 4 members (excludes halogenated alkanes) is 27. The van der Waals surface area contributed by atoms with E-state index < -0.39 is 145 Å². The first-order valence-corrected chi connectivity index (χ1v) is 40.0. The summed E-state index contributed by atoms with van der Waals surface area (Å²) in [6.45, 7) is 8.04. The molecule has 0 saturated carbocycles. The van der Waals surface area contributed by atoms with Crippen molar-refractivity contribution in [2.24, 2.45) is 0 Å². The predicted octanol–water partition coefficient (Wildman–Crippen LogP) is -1.93. The summed E-state index contributed by atoms with van der Waals surface area (Å²) in [5, 5.41) is 39.2. The summed E-state index contributed by atoms with van der Waals surface area (Å²) in [6, 6.07) is -3.50. The van der Waals surface area contributed by atoms with Gasteiger partial charge >= 0.3 is 124 Å². The number of aliphatic hydroxyl groups is 3. The molecule has 2 aliphatic rings. The summed E-state index contributed by atoms with van der Waals surface area (Å²) < 4.78 is 71.9. The average Bonchev–Trinajstić information content (AvgIpc) is 0.787. The molecule has 562 valence electrons. The Balaban J connectivity index is -0.0000235. The number of allylic oxidation sites excluding steroid dienone is 2. The second kappa shape index (κ2) is 66.2. The predicted molar refractivity (Wildman–Crippen MR) is 358 cm³/mol. The number of ketones is 2. The minimum Gasteiger partial charge on any atom is -0.790 e. The van der Waals surface area contributed by atoms with Crippen molar-refractivity contribution >= 4 is 45.0 Å². The first-order valence-electron chi connectivity index (χ1n) is 37.1. The summed E-state index contributed by atoms with van der Waals surface area (Å²) in [6.07, 6.45) is 18.5.